The number of carboxylic acid groups (broad SMARTS) is 1. The molecule has 0 amide bonds. The van der Waals surface area contributed by atoms with Crippen LogP contribution in [0.5, 0.6) is 0 Å². The van der Waals surface area contributed by atoms with Crippen LogP contribution in [0.2, 0.25) is 0 Å². The van der Waals surface area contributed by atoms with Gasteiger partial charge in [0, 0.05) is 0 Å². The molecule has 0 atom stereocenters. The molecule has 0 aliphatic heterocycles. The molecule has 66 valence electrons. The van der Waals surface area contributed by atoms with Crippen LogP contribution in [0.25, 0.3) is 0 Å². The van der Waals surface area contributed by atoms with Crippen LogP contribution < -0.4 is 0 Å². The zero-order valence-electron chi connectivity index (χ0n) is 5.51. The molecule has 1 aromatic heterocycles. The highest BCUT2D eigenvalue weighted by atomic mass is 19.3. The van der Waals surface area contributed by atoms with Gasteiger partial charge in [0.1, 0.15) is 11.3 Å². The Bertz CT molecular complexity index is 310. The van der Waals surface area contributed by atoms with E-state index in [-0.39, 0.29) is 0 Å². The van der Waals surface area contributed by atoms with Crippen molar-refractivity contribution in [3.05, 3.63) is 17.2 Å². The second-order valence-corrected chi connectivity index (χ2v) is 1.91. The van der Waals surface area contributed by atoms with E-state index in [0.717, 1.165) is 0 Å². The summed E-state index contributed by atoms with van der Waals surface area (Å²) in [5.41, 5.74) is -2.12. The number of carboxylic acids is 1. The maximum Gasteiger partial charge on any atom is 0.342 e. The number of alkyl halides is 2. The molecule has 0 fully saturated rings. The number of H-pyrrole nitrogens is 1. The molecule has 7 heteroatoms. The maximum atomic E-state index is 12.4. The highest BCUT2D eigenvalue weighted by molar-refractivity contribution is 5.88. The lowest BCUT2D eigenvalue weighted by atomic mass is 10.2. The van der Waals surface area contributed by atoms with Gasteiger partial charge in [0.05, 0.1) is 0 Å². The van der Waals surface area contributed by atoms with Crippen molar-refractivity contribution in [3.8, 4) is 0 Å². The van der Waals surface area contributed by atoms with Crippen molar-refractivity contribution in [2.24, 2.45) is 0 Å². The van der Waals surface area contributed by atoms with E-state index in [9.17, 15) is 18.0 Å². The number of rotatable bonds is 2. The summed E-state index contributed by atoms with van der Waals surface area (Å²) in [7, 11) is 0. The molecule has 0 bridgehead atoms. The van der Waals surface area contributed by atoms with Crippen molar-refractivity contribution in [2.45, 2.75) is 6.43 Å². The van der Waals surface area contributed by atoms with Gasteiger partial charge in [-0.2, -0.15) is 4.39 Å². The largest absolute Gasteiger partial charge is 0.477 e. The lowest BCUT2D eigenvalue weighted by Crippen LogP contribution is -2.02. The van der Waals surface area contributed by atoms with Gasteiger partial charge in [0.2, 0.25) is 5.95 Å². The Labute approximate surface area is 64.0 Å². The van der Waals surface area contributed by atoms with Gasteiger partial charge in [-0.1, -0.05) is 0 Å². The van der Waals surface area contributed by atoms with E-state index in [4.69, 9.17) is 5.11 Å². The molecule has 0 spiro atoms. The first kappa shape index (κ1) is 8.57. The first-order valence-electron chi connectivity index (χ1n) is 2.79. The summed E-state index contributed by atoms with van der Waals surface area (Å²) in [6, 6.07) is 0. The second-order valence-electron chi connectivity index (χ2n) is 1.91. The van der Waals surface area contributed by atoms with Crippen molar-refractivity contribution < 1.29 is 23.1 Å². The first-order valence-corrected chi connectivity index (χ1v) is 2.79. The van der Waals surface area contributed by atoms with Crippen LogP contribution in [0.3, 0.4) is 0 Å². The molecular formula is C5H3F3N2O2. The molecule has 0 radical (unpaired) electrons. The Morgan fingerprint density at radius 2 is 2.17 bits per heavy atom. The summed E-state index contributed by atoms with van der Waals surface area (Å²) in [6.45, 7) is 0. The number of aromatic amines is 1. The Kier molecular flexibility index (Phi) is 2.03. The van der Waals surface area contributed by atoms with Gasteiger partial charge in [-0.05, 0) is 0 Å². The molecule has 0 unspecified atom stereocenters. The van der Waals surface area contributed by atoms with Crippen molar-refractivity contribution in [1.82, 2.24) is 10.2 Å². The van der Waals surface area contributed by atoms with Crippen molar-refractivity contribution in [1.29, 1.82) is 0 Å². The Balaban J connectivity index is 3.21. The van der Waals surface area contributed by atoms with Crippen LogP contribution in [0.15, 0.2) is 0 Å². The van der Waals surface area contributed by atoms with Crippen molar-refractivity contribution in [2.75, 3.05) is 0 Å². The van der Waals surface area contributed by atoms with Gasteiger partial charge in [0.15, 0.2) is 0 Å². The number of hydrogen-bond donors (Lipinski definition) is 2. The summed E-state index contributed by atoms with van der Waals surface area (Å²) in [4.78, 5) is 10.2. The number of nitrogens with one attached hydrogen (secondary N) is 1. The summed E-state index contributed by atoms with van der Waals surface area (Å²) in [5, 5.41) is 12.6. The molecule has 0 aliphatic carbocycles. The quantitative estimate of drug-likeness (QED) is 0.718. The molecule has 2 N–H and O–H groups in total. The van der Waals surface area contributed by atoms with E-state index < -0.39 is 29.6 Å². The third kappa shape index (κ3) is 1.25. The Morgan fingerprint density at radius 3 is 2.50 bits per heavy atom. The molecule has 0 saturated carbocycles. The van der Waals surface area contributed by atoms with Gasteiger partial charge >= 0.3 is 5.97 Å². The molecule has 1 heterocycles. The van der Waals surface area contributed by atoms with E-state index in [1.54, 1.807) is 5.10 Å². The number of aromatic nitrogens is 2. The number of halogens is 3. The van der Waals surface area contributed by atoms with E-state index >= 15 is 0 Å². The summed E-state index contributed by atoms with van der Waals surface area (Å²) < 4.78 is 36.2. The molecule has 0 saturated heterocycles. The number of aromatic carboxylic acids is 1. The molecule has 0 aromatic carbocycles. The molecule has 1 aromatic rings. The summed E-state index contributed by atoms with van der Waals surface area (Å²) in [6.07, 6.45) is -3.08. The smallest absolute Gasteiger partial charge is 0.342 e. The van der Waals surface area contributed by atoms with Crippen molar-refractivity contribution in [3.63, 3.8) is 0 Å². The van der Waals surface area contributed by atoms with Crippen LogP contribution in [0, 0.1) is 5.95 Å². The lowest BCUT2D eigenvalue weighted by molar-refractivity contribution is 0.0678. The average molecular weight is 180 g/mol. The standard InChI is InChI=1S/C5H3F3N2O2/c6-3(7)2-1(5(11)12)4(8)10-9-2/h3H,(H,9,10)(H,11,12). The zero-order valence-corrected chi connectivity index (χ0v) is 5.51. The topological polar surface area (TPSA) is 66.0 Å². The second kappa shape index (κ2) is 2.84. The lowest BCUT2D eigenvalue weighted by Gasteiger charge is -1.94. The van der Waals surface area contributed by atoms with Gasteiger partial charge in [-0.3, -0.25) is 5.10 Å². The minimum absolute atomic E-state index is 1.01. The predicted octanol–water partition coefficient (Wildman–Crippen LogP) is 1.18. The first-order chi connectivity index (χ1) is 5.54. The predicted molar refractivity (Wildman–Crippen MR) is 30.5 cm³/mol. The fourth-order valence-corrected chi connectivity index (χ4v) is 0.694. The average Bonchev–Trinajstić information content (AvgIpc) is 2.30. The van der Waals surface area contributed by atoms with Crippen LogP contribution in [0.1, 0.15) is 22.5 Å². The maximum absolute atomic E-state index is 12.4. The van der Waals surface area contributed by atoms with Crippen molar-refractivity contribution >= 4 is 5.97 Å². The normalized spacial score (nSPS) is 10.7. The van der Waals surface area contributed by atoms with E-state index in [1.165, 1.54) is 0 Å². The molecular weight excluding hydrogens is 177 g/mol. The van der Waals surface area contributed by atoms with Crippen LogP contribution >= 0.6 is 0 Å². The van der Waals surface area contributed by atoms with Crippen LogP contribution in [-0.2, 0) is 0 Å². The summed E-state index contributed by atoms with van der Waals surface area (Å²) in [5.74, 6) is -3.20. The fourth-order valence-electron chi connectivity index (χ4n) is 0.694. The number of nitrogens with zero attached hydrogens (tertiary/aromatic N) is 1. The Hall–Kier alpha value is -1.53. The molecule has 12 heavy (non-hydrogen) atoms. The van der Waals surface area contributed by atoms with Gasteiger partial charge < -0.3 is 5.11 Å². The minimum Gasteiger partial charge on any atom is -0.477 e. The SMILES string of the molecule is O=C(O)c1c(F)n[nH]c1C(F)F. The molecule has 1 rings (SSSR count). The van der Waals surface area contributed by atoms with Gasteiger partial charge in [0.25, 0.3) is 6.43 Å². The number of hydrogen-bond acceptors (Lipinski definition) is 2. The third-order valence-electron chi connectivity index (χ3n) is 1.18. The van der Waals surface area contributed by atoms with E-state index in [1.807, 2.05) is 0 Å². The van der Waals surface area contributed by atoms with E-state index in [0.29, 0.717) is 0 Å². The fraction of sp³-hybridized carbons (Fsp3) is 0.200. The summed E-state index contributed by atoms with van der Waals surface area (Å²) >= 11 is 0. The van der Waals surface area contributed by atoms with Crippen LogP contribution in [0.4, 0.5) is 13.2 Å². The van der Waals surface area contributed by atoms with Crippen LogP contribution in [-0.4, -0.2) is 21.3 Å². The van der Waals surface area contributed by atoms with E-state index in [2.05, 4.69) is 5.10 Å². The zero-order chi connectivity index (χ0) is 9.30. The monoisotopic (exact) mass is 180 g/mol. The minimum atomic E-state index is -3.08. The third-order valence-corrected chi connectivity index (χ3v) is 1.18. The highest BCUT2D eigenvalue weighted by Crippen LogP contribution is 2.21. The molecule has 0 aliphatic rings. The van der Waals surface area contributed by atoms with Gasteiger partial charge in [-0.15, -0.1) is 5.10 Å². The number of carbonyl (C=O) groups is 1. The highest BCUT2D eigenvalue weighted by Gasteiger charge is 2.25. The van der Waals surface area contributed by atoms with Gasteiger partial charge in [-0.25, -0.2) is 13.6 Å². The molecule has 4 nitrogen and oxygen atoms in total. The Morgan fingerprint density at radius 1 is 1.58 bits per heavy atom.